The van der Waals surface area contributed by atoms with E-state index in [-0.39, 0.29) is 0 Å². The van der Waals surface area contributed by atoms with E-state index in [1.165, 1.54) is 15.8 Å². The number of benzene rings is 2. The van der Waals surface area contributed by atoms with Crippen molar-refractivity contribution in [2.24, 2.45) is 0 Å². The van der Waals surface area contributed by atoms with Gasteiger partial charge in [-0.1, -0.05) is 18.2 Å². The van der Waals surface area contributed by atoms with Crippen LogP contribution in [0.25, 0.3) is 10.9 Å². The summed E-state index contributed by atoms with van der Waals surface area (Å²) in [5.41, 5.74) is 11.3. The lowest BCUT2D eigenvalue weighted by Gasteiger charge is -2.09. The van der Waals surface area contributed by atoms with Gasteiger partial charge in [-0.3, -0.25) is 4.98 Å². The third-order valence-corrected chi connectivity index (χ3v) is 4.61. The van der Waals surface area contributed by atoms with Crippen molar-refractivity contribution in [3.8, 4) is 0 Å². The number of nitrogen functional groups attached to an aromatic ring is 1. The Hall–Kier alpha value is -2.00. The minimum absolute atomic E-state index is 0.851. The van der Waals surface area contributed by atoms with E-state index in [1.54, 1.807) is 0 Å². The number of aryl methyl sites for hydroxylation is 2. The molecule has 2 N–H and O–H groups in total. The SMILES string of the molecule is Cc1cc(CSc2ccc(N)c(C)c2)c2ccccc2n1. The van der Waals surface area contributed by atoms with Gasteiger partial charge in [0.2, 0.25) is 0 Å². The quantitative estimate of drug-likeness (QED) is 0.561. The second kappa shape index (κ2) is 5.78. The molecule has 2 nitrogen and oxygen atoms in total. The van der Waals surface area contributed by atoms with Gasteiger partial charge in [0, 0.05) is 27.4 Å². The maximum absolute atomic E-state index is 5.87. The predicted octanol–water partition coefficient (Wildman–Crippen LogP) is 4.73. The molecule has 3 heteroatoms. The van der Waals surface area contributed by atoms with Crippen LogP contribution < -0.4 is 5.73 Å². The van der Waals surface area contributed by atoms with E-state index in [0.29, 0.717) is 0 Å². The van der Waals surface area contributed by atoms with Crippen LogP contribution in [0.4, 0.5) is 5.69 Å². The Morgan fingerprint density at radius 1 is 1.05 bits per heavy atom. The number of pyridine rings is 1. The van der Waals surface area contributed by atoms with Gasteiger partial charge in [0.1, 0.15) is 0 Å². The topological polar surface area (TPSA) is 38.9 Å². The first-order valence-corrected chi connectivity index (χ1v) is 7.96. The monoisotopic (exact) mass is 294 g/mol. The van der Waals surface area contributed by atoms with Crippen molar-refractivity contribution in [3.05, 3.63) is 65.4 Å². The van der Waals surface area contributed by atoms with Crippen LogP contribution in [0.2, 0.25) is 0 Å². The Kier molecular flexibility index (Phi) is 3.84. The third-order valence-electron chi connectivity index (χ3n) is 3.57. The number of nitrogens with two attached hydrogens (primary N) is 1. The number of hydrogen-bond donors (Lipinski definition) is 1. The van der Waals surface area contributed by atoms with Crippen molar-refractivity contribution in [2.45, 2.75) is 24.5 Å². The number of nitrogens with zero attached hydrogens (tertiary/aromatic N) is 1. The minimum atomic E-state index is 0.851. The first-order chi connectivity index (χ1) is 10.1. The molecule has 1 heterocycles. The van der Waals surface area contributed by atoms with E-state index in [0.717, 1.165) is 28.2 Å². The van der Waals surface area contributed by atoms with Gasteiger partial charge in [-0.15, -0.1) is 11.8 Å². The van der Waals surface area contributed by atoms with Crippen LogP contribution in [0.5, 0.6) is 0 Å². The molecule has 0 saturated heterocycles. The predicted molar refractivity (Wildman–Crippen MR) is 91.6 cm³/mol. The van der Waals surface area contributed by atoms with E-state index in [4.69, 9.17) is 5.73 Å². The van der Waals surface area contributed by atoms with E-state index in [2.05, 4.69) is 41.4 Å². The summed E-state index contributed by atoms with van der Waals surface area (Å²) in [6.07, 6.45) is 0. The number of rotatable bonds is 3. The highest BCUT2D eigenvalue weighted by Crippen LogP contribution is 2.28. The molecule has 3 rings (SSSR count). The zero-order valence-electron chi connectivity index (χ0n) is 12.3. The summed E-state index contributed by atoms with van der Waals surface area (Å²) in [6.45, 7) is 4.10. The maximum Gasteiger partial charge on any atom is 0.0708 e. The molecule has 0 fully saturated rings. The van der Waals surface area contributed by atoms with Crippen molar-refractivity contribution in [2.75, 3.05) is 5.73 Å². The van der Waals surface area contributed by atoms with Crippen molar-refractivity contribution >= 4 is 28.4 Å². The number of aromatic nitrogens is 1. The van der Waals surface area contributed by atoms with E-state index < -0.39 is 0 Å². The zero-order chi connectivity index (χ0) is 14.8. The lowest BCUT2D eigenvalue weighted by molar-refractivity contribution is 1.22. The minimum Gasteiger partial charge on any atom is -0.399 e. The summed E-state index contributed by atoms with van der Waals surface area (Å²) in [5.74, 6) is 0.938. The lowest BCUT2D eigenvalue weighted by atomic mass is 10.1. The molecule has 1 aromatic heterocycles. The average molecular weight is 294 g/mol. The number of anilines is 1. The fourth-order valence-corrected chi connectivity index (χ4v) is 3.40. The van der Waals surface area contributed by atoms with Crippen molar-refractivity contribution in [1.29, 1.82) is 0 Å². The van der Waals surface area contributed by atoms with Gasteiger partial charge < -0.3 is 5.73 Å². The van der Waals surface area contributed by atoms with Gasteiger partial charge >= 0.3 is 0 Å². The highest BCUT2D eigenvalue weighted by molar-refractivity contribution is 7.98. The second-order valence-electron chi connectivity index (χ2n) is 5.25. The molecule has 0 aliphatic heterocycles. The molecule has 0 aliphatic carbocycles. The Bertz CT molecular complexity index is 796. The molecule has 0 radical (unpaired) electrons. The maximum atomic E-state index is 5.87. The van der Waals surface area contributed by atoms with Gasteiger partial charge in [0.05, 0.1) is 5.52 Å². The fraction of sp³-hybridized carbons (Fsp3) is 0.167. The first-order valence-electron chi connectivity index (χ1n) is 6.97. The molecule has 0 spiro atoms. The molecular weight excluding hydrogens is 276 g/mol. The van der Waals surface area contributed by atoms with Crippen molar-refractivity contribution in [1.82, 2.24) is 4.98 Å². The molecule has 0 aliphatic rings. The molecule has 0 bridgehead atoms. The van der Waals surface area contributed by atoms with Gasteiger partial charge in [-0.25, -0.2) is 0 Å². The van der Waals surface area contributed by atoms with Gasteiger partial charge in [0.25, 0.3) is 0 Å². The smallest absolute Gasteiger partial charge is 0.0708 e. The number of fused-ring (bicyclic) bond motifs is 1. The fourth-order valence-electron chi connectivity index (χ4n) is 2.41. The van der Waals surface area contributed by atoms with Crippen molar-refractivity contribution in [3.63, 3.8) is 0 Å². The van der Waals surface area contributed by atoms with Gasteiger partial charge in [-0.05, 0) is 55.3 Å². The van der Waals surface area contributed by atoms with E-state index in [9.17, 15) is 0 Å². The standard InChI is InChI=1S/C18H18N2S/c1-12-9-15(7-8-17(12)19)21-11-14-10-13(2)20-18-6-4-3-5-16(14)18/h3-10H,11,19H2,1-2H3. The lowest BCUT2D eigenvalue weighted by Crippen LogP contribution is -1.91. The van der Waals surface area contributed by atoms with Crippen LogP contribution in [0.3, 0.4) is 0 Å². The van der Waals surface area contributed by atoms with Crippen LogP contribution in [-0.2, 0) is 5.75 Å². The molecule has 0 unspecified atom stereocenters. The summed E-state index contributed by atoms with van der Waals surface area (Å²) in [7, 11) is 0. The summed E-state index contributed by atoms with van der Waals surface area (Å²) in [6, 6.07) is 16.7. The Labute approximate surface area is 129 Å². The Balaban J connectivity index is 1.89. The molecule has 0 atom stereocenters. The molecule has 3 aromatic rings. The zero-order valence-corrected chi connectivity index (χ0v) is 13.1. The Morgan fingerprint density at radius 3 is 2.67 bits per heavy atom. The summed E-state index contributed by atoms with van der Waals surface area (Å²) in [5, 5.41) is 1.24. The van der Waals surface area contributed by atoms with Crippen LogP contribution in [0.15, 0.2) is 53.4 Å². The number of para-hydroxylation sites is 1. The summed E-state index contributed by atoms with van der Waals surface area (Å²) >= 11 is 1.84. The molecule has 2 aromatic carbocycles. The molecule has 0 saturated carbocycles. The number of thioether (sulfide) groups is 1. The van der Waals surface area contributed by atoms with Crippen LogP contribution >= 0.6 is 11.8 Å². The first kappa shape index (κ1) is 14.0. The summed E-state index contributed by atoms with van der Waals surface area (Å²) in [4.78, 5) is 5.84. The van der Waals surface area contributed by atoms with E-state index >= 15 is 0 Å². The van der Waals surface area contributed by atoms with Crippen molar-refractivity contribution < 1.29 is 0 Å². The van der Waals surface area contributed by atoms with E-state index in [1.807, 2.05) is 37.7 Å². The number of hydrogen-bond acceptors (Lipinski definition) is 3. The largest absolute Gasteiger partial charge is 0.399 e. The third kappa shape index (κ3) is 3.03. The van der Waals surface area contributed by atoms with Crippen LogP contribution in [0.1, 0.15) is 16.8 Å². The van der Waals surface area contributed by atoms with Gasteiger partial charge in [0.15, 0.2) is 0 Å². The molecule has 106 valence electrons. The highest BCUT2D eigenvalue weighted by atomic mass is 32.2. The second-order valence-corrected chi connectivity index (χ2v) is 6.30. The summed E-state index contributed by atoms with van der Waals surface area (Å²) < 4.78 is 0. The molecule has 21 heavy (non-hydrogen) atoms. The average Bonchev–Trinajstić information content (AvgIpc) is 2.48. The highest BCUT2D eigenvalue weighted by Gasteiger charge is 2.05. The molecule has 0 amide bonds. The Morgan fingerprint density at radius 2 is 1.86 bits per heavy atom. The normalized spacial score (nSPS) is 11.0. The van der Waals surface area contributed by atoms with Crippen LogP contribution in [0, 0.1) is 13.8 Å². The van der Waals surface area contributed by atoms with Crippen LogP contribution in [-0.4, -0.2) is 4.98 Å². The molecular formula is C18H18N2S. The van der Waals surface area contributed by atoms with Gasteiger partial charge in [-0.2, -0.15) is 0 Å².